The van der Waals surface area contributed by atoms with Gasteiger partial charge in [-0.2, -0.15) is 0 Å². The van der Waals surface area contributed by atoms with Gasteiger partial charge in [-0.3, -0.25) is 9.78 Å². The van der Waals surface area contributed by atoms with Gasteiger partial charge in [0.15, 0.2) is 6.29 Å². The standard InChI is InChI=1S/C12H17N3O3/c1-12(2,3)18-11(17)15-5-8-4-14-6-10(13)9(8)7-16/h4,6-7H,5,13H2,1-3H3,(H,15,17). The zero-order valence-electron chi connectivity index (χ0n) is 10.7. The third-order valence-corrected chi connectivity index (χ3v) is 2.04. The first-order valence-electron chi connectivity index (χ1n) is 5.48. The minimum absolute atomic E-state index is 0.140. The summed E-state index contributed by atoms with van der Waals surface area (Å²) in [5.74, 6) is 0. The van der Waals surface area contributed by atoms with Crippen LogP contribution in [0.4, 0.5) is 10.5 Å². The Balaban J connectivity index is 2.67. The van der Waals surface area contributed by atoms with E-state index in [0.29, 0.717) is 17.4 Å². The molecule has 3 N–H and O–H groups in total. The van der Waals surface area contributed by atoms with E-state index < -0.39 is 11.7 Å². The smallest absolute Gasteiger partial charge is 0.407 e. The lowest BCUT2D eigenvalue weighted by Crippen LogP contribution is -2.32. The molecule has 0 aliphatic rings. The summed E-state index contributed by atoms with van der Waals surface area (Å²) in [4.78, 5) is 26.2. The number of nitrogens with zero attached hydrogens (tertiary/aromatic N) is 1. The van der Waals surface area contributed by atoms with Crippen LogP contribution in [0.2, 0.25) is 0 Å². The van der Waals surface area contributed by atoms with Gasteiger partial charge in [-0.15, -0.1) is 0 Å². The number of aldehydes is 1. The Morgan fingerprint density at radius 1 is 1.50 bits per heavy atom. The van der Waals surface area contributed by atoms with Crippen LogP contribution in [-0.4, -0.2) is 23.0 Å². The number of nitrogens with two attached hydrogens (primary N) is 1. The Kier molecular flexibility index (Phi) is 4.25. The average molecular weight is 251 g/mol. The molecule has 0 atom stereocenters. The number of pyridine rings is 1. The first kappa shape index (κ1) is 14.0. The van der Waals surface area contributed by atoms with E-state index in [9.17, 15) is 9.59 Å². The van der Waals surface area contributed by atoms with Crippen LogP contribution in [0.3, 0.4) is 0 Å². The highest BCUT2D eigenvalue weighted by Crippen LogP contribution is 2.13. The van der Waals surface area contributed by atoms with Gasteiger partial charge in [-0.1, -0.05) is 0 Å². The van der Waals surface area contributed by atoms with Crippen LogP contribution in [0.15, 0.2) is 12.4 Å². The molecule has 98 valence electrons. The second kappa shape index (κ2) is 5.48. The fourth-order valence-corrected chi connectivity index (χ4v) is 1.30. The molecule has 1 aromatic heterocycles. The predicted molar refractivity (Wildman–Crippen MR) is 67.1 cm³/mol. The minimum atomic E-state index is -0.564. The van der Waals surface area contributed by atoms with Gasteiger partial charge >= 0.3 is 6.09 Å². The first-order chi connectivity index (χ1) is 8.33. The number of anilines is 1. The number of hydrogen-bond acceptors (Lipinski definition) is 5. The lowest BCUT2D eigenvalue weighted by Gasteiger charge is -2.19. The van der Waals surface area contributed by atoms with Crippen molar-refractivity contribution >= 4 is 18.1 Å². The molecule has 1 rings (SSSR count). The fourth-order valence-electron chi connectivity index (χ4n) is 1.30. The second-order valence-corrected chi connectivity index (χ2v) is 4.77. The average Bonchev–Trinajstić information content (AvgIpc) is 2.24. The summed E-state index contributed by atoms with van der Waals surface area (Å²) in [6.07, 6.45) is 2.96. The van der Waals surface area contributed by atoms with Gasteiger partial charge in [0, 0.05) is 23.9 Å². The van der Waals surface area contributed by atoms with Crippen LogP contribution in [0.25, 0.3) is 0 Å². The summed E-state index contributed by atoms with van der Waals surface area (Å²) < 4.78 is 5.07. The lowest BCUT2D eigenvalue weighted by atomic mass is 10.1. The second-order valence-electron chi connectivity index (χ2n) is 4.77. The Bertz CT molecular complexity index is 452. The monoisotopic (exact) mass is 251 g/mol. The van der Waals surface area contributed by atoms with Crippen molar-refractivity contribution in [1.82, 2.24) is 10.3 Å². The van der Waals surface area contributed by atoms with Crippen LogP contribution in [0, 0.1) is 0 Å². The van der Waals surface area contributed by atoms with E-state index in [1.807, 2.05) is 0 Å². The van der Waals surface area contributed by atoms with E-state index in [1.165, 1.54) is 12.4 Å². The number of ether oxygens (including phenoxy) is 1. The van der Waals surface area contributed by atoms with Crippen molar-refractivity contribution in [2.75, 3.05) is 5.73 Å². The van der Waals surface area contributed by atoms with Gasteiger partial charge in [0.05, 0.1) is 11.9 Å². The van der Waals surface area contributed by atoms with Gasteiger partial charge in [0.25, 0.3) is 0 Å². The van der Waals surface area contributed by atoms with E-state index in [1.54, 1.807) is 20.8 Å². The number of carbonyl (C=O) groups excluding carboxylic acids is 2. The Morgan fingerprint density at radius 3 is 2.72 bits per heavy atom. The normalized spacial score (nSPS) is 10.8. The molecule has 0 saturated heterocycles. The summed E-state index contributed by atoms with van der Waals surface area (Å²) >= 11 is 0. The zero-order valence-corrected chi connectivity index (χ0v) is 10.7. The number of carbonyl (C=O) groups is 2. The molecule has 0 aromatic carbocycles. The van der Waals surface area contributed by atoms with Crippen molar-refractivity contribution in [2.24, 2.45) is 0 Å². The molecule has 18 heavy (non-hydrogen) atoms. The Labute approximate surface area is 106 Å². The van der Waals surface area contributed by atoms with Gasteiger partial charge in [0.1, 0.15) is 5.60 Å². The predicted octanol–water partition coefficient (Wildman–Crippen LogP) is 1.50. The van der Waals surface area contributed by atoms with E-state index in [-0.39, 0.29) is 12.2 Å². The highest BCUT2D eigenvalue weighted by atomic mass is 16.6. The molecule has 0 spiro atoms. The van der Waals surface area contributed by atoms with Crippen molar-refractivity contribution in [1.29, 1.82) is 0 Å². The van der Waals surface area contributed by atoms with Crippen LogP contribution in [0.1, 0.15) is 36.7 Å². The summed E-state index contributed by atoms with van der Waals surface area (Å²) in [5.41, 5.74) is 6.21. The van der Waals surface area contributed by atoms with Gasteiger partial charge < -0.3 is 15.8 Å². The number of nitrogens with one attached hydrogen (secondary N) is 1. The van der Waals surface area contributed by atoms with Gasteiger partial charge in [-0.05, 0) is 20.8 Å². The zero-order chi connectivity index (χ0) is 13.8. The third-order valence-electron chi connectivity index (χ3n) is 2.04. The highest BCUT2D eigenvalue weighted by molar-refractivity contribution is 5.85. The van der Waals surface area contributed by atoms with Gasteiger partial charge in [0.2, 0.25) is 0 Å². The topological polar surface area (TPSA) is 94.3 Å². The number of nitrogen functional groups attached to an aromatic ring is 1. The maximum absolute atomic E-state index is 11.4. The maximum Gasteiger partial charge on any atom is 0.407 e. The largest absolute Gasteiger partial charge is 0.444 e. The quantitative estimate of drug-likeness (QED) is 0.794. The molecule has 0 aliphatic heterocycles. The first-order valence-corrected chi connectivity index (χ1v) is 5.48. The van der Waals surface area contributed by atoms with Crippen molar-refractivity contribution in [3.05, 3.63) is 23.5 Å². The minimum Gasteiger partial charge on any atom is -0.444 e. The number of hydrogen-bond donors (Lipinski definition) is 2. The summed E-state index contributed by atoms with van der Waals surface area (Å²) in [6.45, 7) is 5.45. The van der Waals surface area contributed by atoms with Crippen molar-refractivity contribution in [3.8, 4) is 0 Å². The van der Waals surface area contributed by atoms with Gasteiger partial charge in [-0.25, -0.2) is 4.79 Å². The summed E-state index contributed by atoms with van der Waals surface area (Å²) in [7, 11) is 0. The molecule has 6 heteroatoms. The molecular formula is C12H17N3O3. The van der Waals surface area contributed by atoms with E-state index in [0.717, 1.165) is 0 Å². The van der Waals surface area contributed by atoms with Crippen LogP contribution < -0.4 is 11.1 Å². The highest BCUT2D eigenvalue weighted by Gasteiger charge is 2.16. The molecular weight excluding hydrogens is 234 g/mol. The molecule has 0 radical (unpaired) electrons. The maximum atomic E-state index is 11.4. The molecule has 6 nitrogen and oxygen atoms in total. The van der Waals surface area contributed by atoms with E-state index >= 15 is 0 Å². The van der Waals surface area contributed by atoms with E-state index in [4.69, 9.17) is 10.5 Å². The number of alkyl carbamates (subject to hydrolysis) is 1. The molecule has 0 unspecified atom stereocenters. The van der Waals surface area contributed by atoms with Crippen LogP contribution in [-0.2, 0) is 11.3 Å². The van der Waals surface area contributed by atoms with E-state index in [2.05, 4.69) is 10.3 Å². The molecule has 0 saturated carbocycles. The molecule has 0 bridgehead atoms. The molecule has 1 aromatic rings. The molecule has 0 fully saturated rings. The fraction of sp³-hybridized carbons (Fsp3) is 0.417. The van der Waals surface area contributed by atoms with Crippen molar-refractivity contribution in [3.63, 3.8) is 0 Å². The SMILES string of the molecule is CC(C)(C)OC(=O)NCc1cncc(N)c1C=O. The molecule has 1 heterocycles. The number of rotatable bonds is 3. The number of amides is 1. The Morgan fingerprint density at radius 2 is 2.17 bits per heavy atom. The molecule has 1 amide bonds. The summed E-state index contributed by atoms with van der Waals surface area (Å²) in [5, 5.41) is 2.54. The van der Waals surface area contributed by atoms with Crippen LogP contribution in [0.5, 0.6) is 0 Å². The third kappa shape index (κ3) is 4.04. The van der Waals surface area contributed by atoms with Crippen molar-refractivity contribution in [2.45, 2.75) is 32.9 Å². The molecule has 0 aliphatic carbocycles. The lowest BCUT2D eigenvalue weighted by molar-refractivity contribution is 0.0523. The summed E-state index contributed by atoms with van der Waals surface area (Å²) in [6, 6.07) is 0. The van der Waals surface area contributed by atoms with Crippen LogP contribution >= 0.6 is 0 Å². The number of aromatic nitrogens is 1. The Hall–Kier alpha value is -2.11. The van der Waals surface area contributed by atoms with Crippen molar-refractivity contribution < 1.29 is 14.3 Å².